The van der Waals surface area contributed by atoms with Crippen LogP contribution in [-0.4, -0.2) is 36.1 Å². The van der Waals surface area contributed by atoms with Gasteiger partial charge in [0.25, 0.3) is 5.91 Å². The van der Waals surface area contributed by atoms with Gasteiger partial charge in [0.15, 0.2) is 6.54 Å². The fourth-order valence-corrected chi connectivity index (χ4v) is 7.38. The normalized spacial score (nSPS) is 31.0. The third-order valence-corrected chi connectivity index (χ3v) is 7.96. The number of quaternary nitrogens is 1. The van der Waals surface area contributed by atoms with Gasteiger partial charge in [-0.2, -0.15) is 0 Å². The lowest BCUT2D eigenvalue weighted by Gasteiger charge is -2.56. The van der Waals surface area contributed by atoms with E-state index in [2.05, 4.69) is 21.7 Å². The molecule has 6 nitrogen and oxygen atoms in total. The predicted molar refractivity (Wildman–Crippen MR) is 113 cm³/mol. The number of urea groups is 1. The van der Waals surface area contributed by atoms with Gasteiger partial charge in [-0.3, -0.25) is 10.1 Å². The Balaban J connectivity index is 1.13. The summed E-state index contributed by atoms with van der Waals surface area (Å²) in [5.74, 6) is 2.07. The Morgan fingerprint density at radius 2 is 1.79 bits per heavy atom. The summed E-state index contributed by atoms with van der Waals surface area (Å²) in [7, 11) is 1.96. The molecule has 154 valence electrons. The first-order valence-electron chi connectivity index (χ1n) is 10.7. The van der Waals surface area contributed by atoms with Crippen LogP contribution in [0.15, 0.2) is 24.3 Å². The minimum atomic E-state index is -0.315. The van der Waals surface area contributed by atoms with Gasteiger partial charge in [-0.05, 0) is 68.4 Å². The monoisotopic (exact) mass is 413 g/mol. The molecule has 0 saturated heterocycles. The molecular formula is C22H29N4O2S+. The summed E-state index contributed by atoms with van der Waals surface area (Å²) in [6.45, 7) is 0.924. The molecule has 1 unspecified atom stereocenters. The van der Waals surface area contributed by atoms with Crippen LogP contribution < -0.4 is 15.5 Å². The lowest BCUT2D eigenvalue weighted by molar-refractivity contribution is -0.885. The molecule has 6 rings (SSSR count). The quantitative estimate of drug-likeness (QED) is 0.703. The molecule has 7 heteroatoms. The average Bonchev–Trinajstić information content (AvgIpc) is 3.01. The van der Waals surface area contributed by atoms with Crippen molar-refractivity contribution in [3.05, 3.63) is 29.3 Å². The average molecular weight is 414 g/mol. The summed E-state index contributed by atoms with van der Waals surface area (Å²) in [5.41, 5.74) is 0.929. The van der Waals surface area contributed by atoms with E-state index in [1.807, 2.05) is 25.2 Å². The number of aromatic nitrogens is 1. The Kier molecular flexibility index (Phi) is 4.82. The second-order valence-electron chi connectivity index (χ2n) is 9.59. The van der Waals surface area contributed by atoms with E-state index in [-0.39, 0.29) is 24.0 Å². The second-order valence-corrected chi connectivity index (χ2v) is 10.7. The van der Waals surface area contributed by atoms with E-state index < -0.39 is 0 Å². The molecule has 4 fully saturated rings. The molecule has 1 aromatic heterocycles. The fraction of sp³-hybridized carbons (Fsp3) is 0.591. The number of hydrogen-bond donors (Lipinski definition) is 3. The number of hydrogen-bond acceptors (Lipinski definition) is 4. The van der Waals surface area contributed by atoms with Crippen molar-refractivity contribution in [2.24, 2.45) is 17.8 Å². The highest BCUT2D eigenvalue weighted by Gasteiger charge is 2.51. The molecule has 2 aromatic rings. The molecular weight excluding hydrogens is 384 g/mol. The van der Waals surface area contributed by atoms with Crippen LogP contribution in [0.2, 0.25) is 0 Å². The van der Waals surface area contributed by atoms with E-state index in [1.165, 1.54) is 19.3 Å². The first-order chi connectivity index (χ1) is 14.0. The van der Waals surface area contributed by atoms with Crippen molar-refractivity contribution >= 4 is 33.5 Å². The number of amides is 3. The van der Waals surface area contributed by atoms with Gasteiger partial charge in [0.2, 0.25) is 0 Å². The maximum absolute atomic E-state index is 12.5. The Hall–Kier alpha value is -1.99. The zero-order chi connectivity index (χ0) is 20.0. The number of thiazole rings is 1. The van der Waals surface area contributed by atoms with Gasteiger partial charge in [0, 0.05) is 5.54 Å². The van der Waals surface area contributed by atoms with Gasteiger partial charge in [-0.15, -0.1) is 11.3 Å². The van der Waals surface area contributed by atoms with Crippen molar-refractivity contribution in [2.75, 3.05) is 13.6 Å². The van der Waals surface area contributed by atoms with Crippen LogP contribution in [0.4, 0.5) is 4.79 Å². The molecule has 1 aromatic carbocycles. The standard InChI is InChI=1S/C22H28N4O2S/c1-26(13-20-23-17-4-2-3-5-18(17)29-20)12-19(27)24-21(28)25-22-9-14-6-15(10-22)8-16(7-14)11-22/h2-5,14-16H,6-13H2,1H3,(H2,24,25,27,28)/p+1. The number of rotatable bonds is 5. The number of nitrogens with one attached hydrogen (secondary N) is 3. The molecule has 1 heterocycles. The maximum Gasteiger partial charge on any atom is 0.322 e. The van der Waals surface area contributed by atoms with Gasteiger partial charge in [0.1, 0.15) is 11.6 Å². The van der Waals surface area contributed by atoms with Gasteiger partial charge in [-0.25, -0.2) is 9.78 Å². The molecule has 0 radical (unpaired) electrons. The van der Waals surface area contributed by atoms with E-state index in [9.17, 15) is 9.59 Å². The summed E-state index contributed by atoms with van der Waals surface area (Å²) < 4.78 is 1.16. The van der Waals surface area contributed by atoms with Gasteiger partial charge >= 0.3 is 6.03 Å². The van der Waals surface area contributed by atoms with Crippen LogP contribution in [0.3, 0.4) is 0 Å². The molecule has 3 N–H and O–H groups in total. The second kappa shape index (κ2) is 7.36. The lowest BCUT2D eigenvalue weighted by Crippen LogP contribution is -3.09. The van der Waals surface area contributed by atoms with Crippen molar-refractivity contribution in [1.29, 1.82) is 0 Å². The molecule has 4 aliphatic rings. The Morgan fingerprint density at radius 1 is 1.14 bits per heavy atom. The lowest BCUT2D eigenvalue weighted by atomic mass is 9.53. The van der Waals surface area contributed by atoms with E-state index in [1.54, 1.807) is 11.3 Å². The molecule has 0 aliphatic heterocycles. The third kappa shape index (κ3) is 4.03. The third-order valence-electron chi connectivity index (χ3n) is 6.92. The van der Waals surface area contributed by atoms with Crippen LogP contribution in [0.1, 0.15) is 43.5 Å². The smallest absolute Gasteiger partial charge is 0.322 e. The first-order valence-corrected chi connectivity index (χ1v) is 11.6. The van der Waals surface area contributed by atoms with Crippen molar-refractivity contribution in [3.8, 4) is 0 Å². The van der Waals surface area contributed by atoms with Crippen LogP contribution in [0, 0.1) is 17.8 Å². The number of likely N-dealkylation sites (N-methyl/N-ethyl adjacent to an activating group) is 1. The van der Waals surface area contributed by atoms with Crippen LogP contribution in [0.5, 0.6) is 0 Å². The summed E-state index contributed by atoms with van der Waals surface area (Å²) >= 11 is 1.66. The predicted octanol–water partition coefficient (Wildman–Crippen LogP) is 2.11. The highest BCUT2D eigenvalue weighted by molar-refractivity contribution is 7.18. The molecule has 4 aliphatic carbocycles. The highest BCUT2D eigenvalue weighted by atomic mass is 32.1. The molecule has 4 bridgehead atoms. The minimum Gasteiger partial charge on any atom is -0.332 e. The SMILES string of the molecule is C[NH+](CC(=O)NC(=O)NC12CC3CC(CC(C3)C1)C2)Cc1nc2ccccc2s1. The summed E-state index contributed by atoms with van der Waals surface area (Å²) in [4.78, 5) is 30.6. The molecule has 4 saturated carbocycles. The van der Waals surface area contributed by atoms with Crippen molar-refractivity contribution < 1.29 is 14.5 Å². The number of nitrogens with zero attached hydrogens (tertiary/aromatic N) is 1. The summed E-state index contributed by atoms with van der Waals surface area (Å²) in [6.07, 6.45) is 7.26. The first kappa shape index (κ1) is 19.0. The molecule has 3 amide bonds. The summed E-state index contributed by atoms with van der Waals surface area (Å²) in [5, 5.41) is 6.79. The Bertz CT molecular complexity index is 872. The van der Waals surface area contributed by atoms with Gasteiger partial charge in [-0.1, -0.05) is 12.1 Å². The Morgan fingerprint density at radius 3 is 2.45 bits per heavy atom. The molecule has 0 spiro atoms. The van der Waals surface area contributed by atoms with E-state index >= 15 is 0 Å². The molecule has 29 heavy (non-hydrogen) atoms. The maximum atomic E-state index is 12.5. The number of fused-ring (bicyclic) bond motifs is 1. The summed E-state index contributed by atoms with van der Waals surface area (Å²) in [6, 6.07) is 7.75. The van der Waals surface area contributed by atoms with E-state index in [0.29, 0.717) is 6.54 Å². The number of imide groups is 1. The number of carbonyl (C=O) groups excluding carboxylic acids is 2. The Labute approximate surface area is 175 Å². The number of carbonyl (C=O) groups is 2. The minimum absolute atomic E-state index is 0.0706. The molecule has 1 atom stereocenters. The topological polar surface area (TPSA) is 75.5 Å². The van der Waals surface area contributed by atoms with Crippen LogP contribution in [-0.2, 0) is 11.3 Å². The largest absolute Gasteiger partial charge is 0.332 e. The van der Waals surface area contributed by atoms with E-state index in [0.717, 1.165) is 57.1 Å². The zero-order valence-corrected chi connectivity index (χ0v) is 17.7. The number of para-hydroxylation sites is 1. The zero-order valence-electron chi connectivity index (χ0n) is 16.9. The fourth-order valence-electron chi connectivity index (χ4n) is 6.30. The van der Waals surface area contributed by atoms with Crippen molar-refractivity contribution in [3.63, 3.8) is 0 Å². The highest BCUT2D eigenvalue weighted by Crippen LogP contribution is 2.55. The van der Waals surface area contributed by atoms with Crippen molar-refractivity contribution in [2.45, 2.75) is 50.6 Å². The van der Waals surface area contributed by atoms with Crippen molar-refractivity contribution in [1.82, 2.24) is 15.6 Å². The number of benzene rings is 1. The van der Waals surface area contributed by atoms with Gasteiger partial charge in [0.05, 0.1) is 17.3 Å². The van der Waals surface area contributed by atoms with Crippen LogP contribution in [0.25, 0.3) is 10.2 Å². The van der Waals surface area contributed by atoms with E-state index in [4.69, 9.17) is 0 Å². The van der Waals surface area contributed by atoms with Crippen LogP contribution >= 0.6 is 11.3 Å². The van der Waals surface area contributed by atoms with Gasteiger partial charge < -0.3 is 10.2 Å².